The molecule has 76 valence electrons. The highest BCUT2D eigenvalue weighted by Crippen LogP contribution is 2.00. The lowest BCUT2D eigenvalue weighted by Crippen LogP contribution is -2.57. The van der Waals surface area contributed by atoms with Gasteiger partial charge in [-0.1, -0.05) is 0 Å². The molecular formula is C9H19N3O. The number of nitrogens with one attached hydrogen (secondary N) is 2. The van der Waals surface area contributed by atoms with Crippen LogP contribution in [0.5, 0.6) is 0 Å². The predicted molar refractivity (Wildman–Crippen MR) is 52.6 cm³/mol. The maximum absolute atomic E-state index is 11.4. The van der Waals surface area contributed by atoms with Crippen molar-refractivity contribution in [3.63, 3.8) is 0 Å². The highest BCUT2D eigenvalue weighted by atomic mass is 16.2. The van der Waals surface area contributed by atoms with Crippen molar-refractivity contribution in [2.75, 3.05) is 27.2 Å². The Bertz CT molecular complexity index is 182. The minimum Gasteiger partial charge on any atom is -0.353 e. The fraction of sp³-hybridized carbons (Fsp3) is 0.889. The summed E-state index contributed by atoms with van der Waals surface area (Å²) in [6, 6.07) is 0.385. The van der Waals surface area contributed by atoms with Crippen LogP contribution in [0.25, 0.3) is 0 Å². The Balaban J connectivity index is 2.33. The number of hydrogen-bond donors (Lipinski definition) is 2. The Labute approximate surface area is 79.7 Å². The Kier molecular flexibility index (Phi) is 3.69. The molecule has 4 heteroatoms. The van der Waals surface area contributed by atoms with Crippen molar-refractivity contribution < 1.29 is 4.79 Å². The van der Waals surface area contributed by atoms with Crippen molar-refractivity contribution in [1.82, 2.24) is 15.5 Å². The van der Waals surface area contributed by atoms with E-state index in [1.54, 1.807) is 0 Å². The van der Waals surface area contributed by atoms with Gasteiger partial charge in [0.05, 0.1) is 6.04 Å². The Morgan fingerprint density at radius 1 is 1.54 bits per heavy atom. The summed E-state index contributed by atoms with van der Waals surface area (Å²) in [5, 5.41) is 6.17. The summed E-state index contributed by atoms with van der Waals surface area (Å²) < 4.78 is 0. The molecule has 2 unspecified atom stereocenters. The fourth-order valence-electron chi connectivity index (χ4n) is 1.46. The van der Waals surface area contributed by atoms with Crippen molar-refractivity contribution in [2.24, 2.45) is 0 Å². The molecule has 1 saturated heterocycles. The van der Waals surface area contributed by atoms with Gasteiger partial charge in [0, 0.05) is 12.6 Å². The van der Waals surface area contributed by atoms with E-state index in [1.165, 1.54) is 0 Å². The molecule has 0 radical (unpaired) electrons. The zero-order chi connectivity index (χ0) is 9.84. The highest BCUT2D eigenvalue weighted by molar-refractivity contribution is 5.82. The van der Waals surface area contributed by atoms with Crippen LogP contribution in [0.3, 0.4) is 0 Å². The topological polar surface area (TPSA) is 44.4 Å². The van der Waals surface area contributed by atoms with Crippen LogP contribution >= 0.6 is 0 Å². The molecule has 0 aliphatic carbocycles. The second-order valence-electron chi connectivity index (χ2n) is 3.96. The van der Waals surface area contributed by atoms with Crippen molar-refractivity contribution in [3.05, 3.63) is 0 Å². The minimum absolute atomic E-state index is 0.00819. The van der Waals surface area contributed by atoms with Gasteiger partial charge < -0.3 is 15.5 Å². The van der Waals surface area contributed by atoms with Gasteiger partial charge in [0.1, 0.15) is 0 Å². The number of hydrogen-bond acceptors (Lipinski definition) is 3. The maximum atomic E-state index is 11.4. The molecule has 0 spiro atoms. The Morgan fingerprint density at radius 2 is 2.23 bits per heavy atom. The van der Waals surface area contributed by atoms with Crippen LogP contribution in [-0.4, -0.2) is 50.1 Å². The van der Waals surface area contributed by atoms with Crippen molar-refractivity contribution >= 4 is 5.91 Å². The van der Waals surface area contributed by atoms with Gasteiger partial charge in [-0.25, -0.2) is 0 Å². The van der Waals surface area contributed by atoms with E-state index in [0.29, 0.717) is 6.04 Å². The number of amides is 1. The van der Waals surface area contributed by atoms with E-state index in [1.807, 2.05) is 14.1 Å². The van der Waals surface area contributed by atoms with E-state index in [4.69, 9.17) is 0 Å². The van der Waals surface area contributed by atoms with E-state index in [0.717, 1.165) is 19.5 Å². The molecule has 1 heterocycles. The largest absolute Gasteiger partial charge is 0.353 e. The maximum Gasteiger partial charge on any atom is 0.237 e. The number of rotatable bonds is 3. The molecule has 2 atom stereocenters. The van der Waals surface area contributed by atoms with Gasteiger partial charge >= 0.3 is 0 Å². The van der Waals surface area contributed by atoms with Crippen LogP contribution in [0.15, 0.2) is 0 Å². The third-order valence-electron chi connectivity index (χ3n) is 2.25. The van der Waals surface area contributed by atoms with Gasteiger partial charge in [-0.2, -0.15) is 0 Å². The first-order chi connectivity index (χ1) is 6.09. The Hall–Kier alpha value is -0.610. The van der Waals surface area contributed by atoms with E-state index >= 15 is 0 Å². The predicted octanol–water partition coefficient (Wildman–Crippen LogP) is -0.585. The summed E-state index contributed by atoms with van der Waals surface area (Å²) in [6.07, 6.45) is 0.878. The molecule has 0 aromatic heterocycles. The van der Waals surface area contributed by atoms with Crippen molar-refractivity contribution in [1.29, 1.82) is 0 Å². The molecule has 1 aliphatic rings. The average Bonchev–Trinajstić information content (AvgIpc) is 2.06. The molecule has 13 heavy (non-hydrogen) atoms. The molecule has 4 nitrogen and oxygen atoms in total. The van der Waals surface area contributed by atoms with Gasteiger partial charge in [-0.05, 0) is 34.0 Å². The number of carbonyl (C=O) groups is 1. The van der Waals surface area contributed by atoms with Crippen molar-refractivity contribution in [2.45, 2.75) is 25.4 Å². The molecular weight excluding hydrogens is 166 g/mol. The summed E-state index contributed by atoms with van der Waals surface area (Å²) in [4.78, 5) is 13.5. The van der Waals surface area contributed by atoms with Crippen LogP contribution in [0.4, 0.5) is 0 Å². The second kappa shape index (κ2) is 4.58. The van der Waals surface area contributed by atoms with Crippen LogP contribution in [0, 0.1) is 0 Å². The second-order valence-corrected chi connectivity index (χ2v) is 3.96. The minimum atomic E-state index is -0.00819. The molecule has 2 N–H and O–H groups in total. The number of piperazine rings is 1. The third kappa shape index (κ3) is 3.32. The normalized spacial score (nSPS) is 29.1. The monoisotopic (exact) mass is 185 g/mol. The number of carbonyl (C=O) groups excluding carboxylic acids is 1. The van der Waals surface area contributed by atoms with Gasteiger partial charge in [0.25, 0.3) is 0 Å². The standard InChI is InChI=1S/C9H19N3O/c1-7-6-10-9(13)8(11-7)4-5-12(2)3/h7-8,11H,4-6H2,1-3H3,(H,10,13). The van der Waals surface area contributed by atoms with Crippen LogP contribution in [-0.2, 0) is 4.79 Å². The SMILES string of the molecule is CC1CNC(=O)C(CCN(C)C)N1. The van der Waals surface area contributed by atoms with Crippen LogP contribution in [0.1, 0.15) is 13.3 Å². The summed E-state index contributed by atoms with van der Waals surface area (Å²) in [7, 11) is 4.04. The third-order valence-corrected chi connectivity index (χ3v) is 2.25. The average molecular weight is 185 g/mol. The lowest BCUT2D eigenvalue weighted by molar-refractivity contribution is -0.125. The lowest BCUT2D eigenvalue weighted by atomic mass is 10.1. The van der Waals surface area contributed by atoms with Crippen LogP contribution in [0.2, 0.25) is 0 Å². The van der Waals surface area contributed by atoms with E-state index < -0.39 is 0 Å². The molecule has 0 aromatic rings. The highest BCUT2D eigenvalue weighted by Gasteiger charge is 2.24. The van der Waals surface area contributed by atoms with Gasteiger partial charge in [-0.3, -0.25) is 4.79 Å². The number of nitrogens with zero attached hydrogens (tertiary/aromatic N) is 1. The Morgan fingerprint density at radius 3 is 2.85 bits per heavy atom. The van der Waals surface area contributed by atoms with E-state index in [9.17, 15) is 4.79 Å². The summed E-state index contributed by atoms with van der Waals surface area (Å²) in [5.41, 5.74) is 0. The molecule has 0 bridgehead atoms. The van der Waals surface area contributed by atoms with Crippen LogP contribution < -0.4 is 10.6 Å². The summed E-state index contributed by atoms with van der Waals surface area (Å²) >= 11 is 0. The van der Waals surface area contributed by atoms with Gasteiger partial charge in [0.2, 0.25) is 5.91 Å². The molecule has 0 aromatic carbocycles. The first-order valence-electron chi connectivity index (χ1n) is 4.78. The molecule has 1 fully saturated rings. The molecule has 1 aliphatic heterocycles. The smallest absolute Gasteiger partial charge is 0.237 e. The van der Waals surface area contributed by atoms with E-state index in [-0.39, 0.29) is 11.9 Å². The zero-order valence-corrected chi connectivity index (χ0v) is 8.63. The van der Waals surface area contributed by atoms with Crippen molar-refractivity contribution in [3.8, 4) is 0 Å². The fourth-order valence-corrected chi connectivity index (χ4v) is 1.46. The van der Waals surface area contributed by atoms with E-state index in [2.05, 4.69) is 22.5 Å². The van der Waals surface area contributed by atoms with Gasteiger partial charge in [-0.15, -0.1) is 0 Å². The lowest BCUT2D eigenvalue weighted by Gasteiger charge is -2.29. The first-order valence-corrected chi connectivity index (χ1v) is 4.78. The molecule has 0 saturated carbocycles. The molecule has 1 amide bonds. The quantitative estimate of drug-likeness (QED) is 0.618. The molecule has 1 rings (SSSR count). The van der Waals surface area contributed by atoms with Gasteiger partial charge in [0.15, 0.2) is 0 Å². The summed E-state index contributed by atoms with van der Waals surface area (Å²) in [6.45, 7) is 3.78. The summed E-state index contributed by atoms with van der Waals surface area (Å²) in [5.74, 6) is 0.139. The first kappa shape index (κ1) is 10.5. The zero-order valence-electron chi connectivity index (χ0n) is 8.63.